The first-order valence-electron chi connectivity index (χ1n) is 5.09. The van der Waals surface area contributed by atoms with Gasteiger partial charge in [0.05, 0.1) is 0 Å². The lowest BCUT2D eigenvalue weighted by Gasteiger charge is -2.09. The van der Waals surface area contributed by atoms with E-state index in [2.05, 4.69) is 44.8 Å². The Morgan fingerprint density at radius 3 is 2.50 bits per heavy atom. The van der Waals surface area contributed by atoms with Crippen LogP contribution >= 0.6 is 11.8 Å². The molecule has 0 fully saturated rings. The molecule has 0 saturated heterocycles. The number of aromatic nitrogens is 3. The normalized spacial score (nSPS) is 11.4. The Bertz CT molecular complexity index is 285. The monoisotopic (exact) mass is 211 g/mol. The summed E-state index contributed by atoms with van der Waals surface area (Å²) in [6.07, 6.45) is 2.04. The van der Waals surface area contributed by atoms with Crippen LogP contribution in [0.2, 0.25) is 12.6 Å². The molecule has 5 heteroatoms. The molecule has 0 atom stereocenters. The van der Waals surface area contributed by atoms with Crippen molar-refractivity contribution in [2.75, 3.05) is 0 Å². The summed E-state index contributed by atoms with van der Waals surface area (Å²) in [7, 11) is 0. The second-order valence-electron chi connectivity index (χ2n) is 4.19. The van der Waals surface area contributed by atoms with E-state index in [1.807, 2.05) is 10.8 Å². The fraction of sp³-hybridized carbons (Fsp3) is 0.778. The number of thioether (sulfide) groups is 1. The molecule has 1 rings (SSSR count). The number of nitrogens with zero attached hydrogens (tertiary/aromatic N) is 3. The van der Waals surface area contributed by atoms with E-state index in [1.165, 1.54) is 0 Å². The summed E-state index contributed by atoms with van der Waals surface area (Å²) >= 11 is 1.75. The van der Waals surface area contributed by atoms with Crippen LogP contribution < -0.4 is 0 Å². The largest absolute Gasteiger partial charge is 0.297 e. The van der Waals surface area contributed by atoms with Gasteiger partial charge >= 0.3 is 0 Å². The van der Waals surface area contributed by atoms with Gasteiger partial charge in [0, 0.05) is 11.4 Å². The zero-order chi connectivity index (χ0) is 10.7. The van der Waals surface area contributed by atoms with Crippen molar-refractivity contribution in [2.24, 2.45) is 0 Å². The van der Waals surface area contributed by atoms with Crippen LogP contribution in [0.15, 0.2) is 11.2 Å². The van der Waals surface area contributed by atoms with Gasteiger partial charge in [-0.05, 0) is 5.82 Å². The standard InChI is InChI=1S/C9H18BN3S/c1-7(2)10(5)13-6-9(11-12-13)14-8(3)4/h6-8H,1-5H3. The van der Waals surface area contributed by atoms with Crippen LogP contribution in [0.1, 0.15) is 27.7 Å². The SMILES string of the molecule is CB(C(C)C)n1cc(SC(C)C)nn1. The molecule has 0 amide bonds. The lowest BCUT2D eigenvalue weighted by atomic mass is 9.55. The van der Waals surface area contributed by atoms with Gasteiger partial charge in [-0.2, -0.15) is 0 Å². The number of rotatable bonds is 4. The van der Waals surface area contributed by atoms with E-state index in [0.29, 0.717) is 17.9 Å². The van der Waals surface area contributed by atoms with Crippen molar-refractivity contribution >= 4 is 18.6 Å². The molecule has 3 nitrogen and oxygen atoms in total. The minimum atomic E-state index is 0.420. The Hall–Kier alpha value is -0.445. The fourth-order valence-corrected chi connectivity index (χ4v) is 1.80. The molecular formula is C9H18BN3S. The molecule has 1 heterocycles. The van der Waals surface area contributed by atoms with E-state index in [9.17, 15) is 0 Å². The predicted octanol–water partition coefficient (Wildman–Crippen LogP) is 2.66. The average molecular weight is 211 g/mol. The van der Waals surface area contributed by atoms with Crippen LogP contribution in [-0.4, -0.2) is 27.0 Å². The summed E-state index contributed by atoms with van der Waals surface area (Å²) in [5, 5.41) is 9.86. The van der Waals surface area contributed by atoms with E-state index in [4.69, 9.17) is 0 Å². The highest BCUT2D eigenvalue weighted by Gasteiger charge is 2.17. The van der Waals surface area contributed by atoms with Gasteiger partial charge in [-0.15, -0.1) is 16.9 Å². The summed E-state index contributed by atoms with van der Waals surface area (Å²) in [5.41, 5.74) is 0. The van der Waals surface area contributed by atoms with Gasteiger partial charge in [-0.25, -0.2) is 0 Å². The maximum Gasteiger partial charge on any atom is 0.285 e. The van der Waals surface area contributed by atoms with Crippen LogP contribution in [0.5, 0.6) is 0 Å². The van der Waals surface area contributed by atoms with Crippen molar-refractivity contribution < 1.29 is 0 Å². The maximum absolute atomic E-state index is 4.14. The third-order valence-corrected chi connectivity index (χ3v) is 3.13. The first-order chi connectivity index (χ1) is 6.50. The molecule has 78 valence electrons. The summed E-state index contributed by atoms with van der Waals surface area (Å²) in [6.45, 7) is 11.3. The molecule has 0 aliphatic carbocycles. The van der Waals surface area contributed by atoms with Gasteiger partial charge < -0.3 is 0 Å². The minimum absolute atomic E-state index is 0.420. The third-order valence-electron chi connectivity index (χ3n) is 2.23. The molecule has 1 aromatic heterocycles. The molecule has 14 heavy (non-hydrogen) atoms. The maximum atomic E-state index is 4.14. The molecular weight excluding hydrogens is 193 g/mol. The summed E-state index contributed by atoms with van der Waals surface area (Å²) in [4.78, 5) is 0. The van der Waals surface area contributed by atoms with Gasteiger partial charge in [0.1, 0.15) is 5.03 Å². The predicted molar refractivity (Wildman–Crippen MR) is 63.1 cm³/mol. The van der Waals surface area contributed by atoms with Crippen LogP contribution in [-0.2, 0) is 0 Å². The minimum Gasteiger partial charge on any atom is -0.297 e. The summed E-state index contributed by atoms with van der Waals surface area (Å²) in [5.74, 6) is 0.591. The van der Waals surface area contributed by atoms with Gasteiger partial charge in [-0.3, -0.25) is 4.59 Å². The molecule has 0 unspecified atom stereocenters. The zero-order valence-corrected chi connectivity index (χ0v) is 10.4. The van der Waals surface area contributed by atoms with Gasteiger partial charge in [0.2, 0.25) is 0 Å². The highest BCUT2D eigenvalue weighted by atomic mass is 32.2. The van der Waals surface area contributed by atoms with Gasteiger partial charge in [0.15, 0.2) is 0 Å². The molecule has 0 bridgehead atoms. The summed E-state index contributed by atoms with van der Waals surface area (Å²) in [6, 6.07) is 0. The Balaban J connectivity index is 2.67. The van der Waals surface area contributed by atoms with Crippen LogP contribution in [0.4, 0.5) is 0 Å². The highest BCUT2D eigenvalue weighted by Crippen LogP contribution is 2.20. The van der Waals surface area contributed by atoms with Crippen molar-refractivity contribution in [2.45, 2.75) is 50.6 Å². The number of hydrogen-bond acceptors (Lipinski definition) is 3. The van der Waals surface area contributed by atoms with Gasteiger partial charge in [0.25, 0.3) is 6.85 Å². The zero-order valence-electron chi connectivity index (χ0n) is 9.56. The van der Waals surface area contributed by atoms with Crippen LogP contribution in [0.25, 0.3) is 0 Å². The Morgan fingerprint density at radius 2 is 2.00 bits per heavy atom. The molecule has 0 radical (unpaired) electrons. The van der Waals surface area contributed by atoms with E-state index < -0.39 is 0 Å². The molecule has 1 aromatic rings. The second-order valence-corrected chi connectivity index (χ2v) is 5.78. The Kier molecular flexibility index (Phi) is 4.04. The van der Waals surface area contributed by atoms with Crippen molar-refractivity contribution in [3.63, 3.8) is 0 Å². The lowest BCUT2D eigenvalue weighted by molar-refractivity contribution is 0.818. The second kappa shape index (κ2) is 4.87. The third kappa shape index (κ3) is 3.05. The first kappa shape index (κ1) is 11.6. The van der Waals surface area contributed by atoms with Crippen molar-refractivity contribution in [3.8, 4) is 0 Å². The molecule has 0 aromatic carbocycles. The Labute approximate surface area is 90.7 Å². The van der Waals surface area contributed by atoms with E-state index in [1.54, 1.807) is 11.8 Å². The van der Waals surface area contributed by atoms with Crippen molar-refractivity contribution in [3.05, 3.63) is 6.20 Å². The quantitative estimate of drug-likeness (QED) is 0.566. The molecule has 0 saturated carbocycles. The Morgan fingerprint density at radius 1 is 1.36 bits per heavy atom. The highest BCUT2D eigenvalue weighted by molar-refractivity contribution is 7.99. The van der Waals surface area contributed by atoms with Crippen LogP contribution in [0, 0.1) is 0 Å². The van der Waals surface area contributed by atoms with E-state index in [0.717, 1.165) is 5.03 Å². The lowest BCUT2D eigenvalue weighted by Crippen LogP contribution is -2.24. The van der Waals surface area contributed by atoms with Gasteiger partial charge in [-0.1, -0.05) is 39.7 Å². The topological polar surface area (TPSA) is 30.7 Å². The van der Waals surface area contributed by atoms with Crippen molar-refractivity contribution in [1.82, 2.24) is 14.9 Å². The fourth-order valence-electron chi connectivity index (χ4n) is 1.06. The molecule has 0 spiro atoms. The van der Waals surface area contributed by atoms with Crippen LogP contribution in [0.3, 0.4) is 0 Å². The van der Waals surface area contributed by atoms with Crippen molar-refractivity contribution in [1.29, 1.82) is 0 Å². The number of hydrogen-bond donors (Lipinski definition) is 0. The molecule has 0 aliphatic heterocycles. The van der Waals surface area contributed by atoms with E-state index >= 15 is 0 Å². The average Bonchev–Trinajstić information content (AvgIpc) is 2.50. The summed E-state index contributed by atoms with van der Waals surface area (Å²) < 4.78 is 1.95. The molecule has 0 N–H and O–H groups in total. The smallest absolute Gasteiger partial charge is 0.285 e. The van der Waals surface area contributed by atoms with E-state index in [-0.39, 0.29) is 0 Å². The molecule has 0 aliphatic rings. The first-order valence-corrected chi connectivity index (χ1v) is 5.97.